The lowest BCUT2D eigenvalue weighted by molar-refractivity contribution is -0.152. The molecule has 2 aromatic heterocycles. The lowest BCUT2D eigenvalue weighted by Gasteiger charge is -2.42. The summed E-state index contributed by atoms with van der Waals surface area (Å²) in [7, 11) is 4.77. The van der Waals surface area contributed by atoms with Gasteiger partial charge in [0.2, 0.25) is 17.7 Å². The van der Waals surface area contributed by atoms with E-state index in [0.717, 1.165) is 16.0 Å². The molecule has 0 spiro atoms. The molecule has 0 saturated carbocycles. The summed E-state index contributed by atoms with van der Waals surface area (Å²) in [6, 6.07) is 12.5. The second-order valence-electron chi connectivity index (χ2n) is 13.2. The van der Waals surface area contributed by atoms with Crippen molar-refractivity contribution in [1.29, 1.82) is 0 Å². The van der Waals surface area contributed by atoms with Crippen molar-refractivity contribution in [3.8, 4) is 11.5 Å². The van der Waals surface area contributed by atoms with E-state index in [1.165, 1.54) is 50.0 Å². The number of carbonyl (C=O) groups excluding carboxylic acids is 5. The number of esters is 1. The first-order valence-electron chi connectivity index (χ1n) is 17.0. The van der Waals surface area contributed by atoms with Crippen LogP contribution in [0.15, 0.2) is 77.1 Å². The smallest absolute Gasteiger partial charge is 0.339 e. The van der Waals surface area contributed by atoms with E-state index in [4.69, 9.17) is 9.84 Å². The number of carboxylic acids is 1. The van der Waals surface area contributed by atoms with E-state index >= 15 is 0 Å². The number of hydrogen-bond donors (Lipinski definition) is 4. The number of carbonyl (C=O) groups is 6. The number of imidazole rings is 1. The topological polar surface area (TPSA) is 239 Å². The molecule has 1 fully saturated rings. The van der Waals surface area contributed by atoms with Gasteiger partial charge in [-0.3, -0.25) is 43.7 Å². The van der Waals surface area contributed by atoms with Crippen molar-refractivity contribution in [2.24, 2.45) is 32.0 Å². The number of carboxylic acid groups (broad SMARTS) is 1. The summed E-state index contributed by atoms with van der Waals surface area (Å²) in [6.07, 6.45) is 3.23. The number of hydrogen-bond acceptors (Lipinski definition) is 11. The predicted octanol–water partition coefficient (Wildman–Crippen LogP) is 3.29. The molecule has 0 atom stereocenters. The summed E-state index contributed by atoms with van der Waals surface area (Å²) in [5, 5.41) is 15.6. The first-order chi connectivity index (χ1) is 26.1. The van der Waals surface area contributed by atoms with Crippen LogP contribution in [-0.4, -0.2) is 66.1 Å². The Bertz CT molecular complexity index is 2210. The van der Waals surface area contributed by atoms with Crippen LogP contribution in [0.1, 0.15) is 58.3 Å². The molecular formula is C38H47N7O11. The Morgan fingerprint density at radius 1 is 0.929 bits per heavy atom. The van der Waals surface area contributed by atoms with Gasteiger partial charge in [0, 0.05) is 40.7 Å². The Morgan fingerprint density at radius 2 is 1.50 bits per heavy atom. The Morgan fingerprint density at radius 3 is 1.98 bits per heavy atom. The highest BCUT2D eigenvalue weighted by molar-refractivity contribution is 6.19. The monoisotopic (exact) mass is 777 g/mol. The molecule has 5 amide bonds. The molecule has 0 bridgehead atoms. The van der Waals surface area contributed by atoms with Crippen LogP contribution in [0.5, 0.6) is 11.5 Å². The van der Waals surface area contributed by atoms with Gasteiger partial charge in [0.25, 0.3) is 5.56 Å². The number of urea groups is 1. The minimum Gasteiger partial charge on any atom is -0.494 e. The molecule has 18 nitrogen and oxygen atoms in total. The molecular weight excluding hydrogens is 730 g/mol. The molecule has 4 aromatic rings. The van der Waals surface area contributed by atoms with E-state index in [0.29, 0.717) is 17.8 Å². The van der Waals surface area contributed by atoms with Crippen molar-refractivity contribution in [1.82, 2.24) is 29.3 Å². The number of aryl methyl sites for hydroxylation is 2. The molecule has 18 heteroatoms. The zero-order valence-electron chi connectivity index (χ0n) is 32.7. The van der Waals surface area contributed by atoms with Gasteiger partial charge >= 0.3 is 23.7 Å². The quantitative estimate of drug-likeness (QED) is 0.0915. The summed E-state index contributed by atoms with van der Waals surface area (Å²) in [5.74, 6) is -1.95. The molecule has 1 saturated heterocycles. The number of aromatic nitrogens is 4. The molecule has 1 aliphatic heterocycles. The van der Waals surface area contributed by atoms with Crippen molar-refractivity contribution in [3.05, 3.63) is 93.9 Å². The van der Waals surface area contributed by atoms with Crippen LogP contribution in [-0.2, 0) is 40.3 Å². The Kier molecular flexibility index (Phi) is 15.8. The Labute approximate surface area is 322 Å². The van der Waals surface area contributed by atoms with E-state index in [1.54, 1.807) is 51.6 Å². The largest absolute Gasteiger partial charge is 0.494 e. The number of ether oxygens (including phenoxy) is 2. The van der Waals surface area contributed by atoms with E-state index in [1.807, 2.05) is 31.2 Å². The summed E-state index contributed by atoms with van der Waals surface area (Å²) in [5.41, 5.74) is -0.924. The molecule has 0 aliphatic carbocycles. The second-order valence-corrected chi connectivity index (χ2v) is 13.2. The molecule has 300 valence electrons. The lowest BCUT2D eigenvalue weighted by atomic mass is 9.62. The summed E-state index contributed by atoms with van der Waals surface area (Å²) < 4.78 is 14.0. The molecule has 3 heterocycles. The molecule has 0 unspecified atom stereocenters. The van der Waals surface area contributed by atoms with Gasteiger partial charge in [-0.2, -0.15) is 0 Å². The number of aromatic carboxylic acids is 1. The highest BCUT2D eigenvalue weighted by Crippen LogP contribution is 2.43. The minimum atomic E-state index is -1.28. The van der Waals surface area contributed by atoms with Gasteiger partial charge < -0.3 is 24.5 Å². The summed E-state index contributed by atoms with van der Waals surface area (Å²) in [4.78, 5) is 93.9. The third-order valence-corrected chi connectivity index (χ3v) is 8.13. The third-order valence-electron chi connectivity index (χ3n) is 8.13. The maximum atomic E-state index is 11.9. The van der Waals surface area contributed by atoms with Crippen LogP contribution in [0, 0.1) is 10.8 Å². The molecule has 56 heavy (non-hydrogen) atoms. The maximum absolute atomic E-state index is 11.9. The zero-order chi connectivity index (χ0) is 42.5. The van der Waals surface area contributed by atoms with Crippen LogP contribution in [0.3, 0.4) is 0 Å². The number of nitrogens with zero attached hydrogens (tertiary/aromatic N) is 4. The van der Waals surface area contributed by atoms with Crippen LogP contribution in [0.4, 0.5) is 10.5 Å². The molecule has 2 aromatic carbocycles. The number of imide groups is 2. The average molecular weight is 778 g/mol. The number of para-hydroxylation sites is 1. The minimum absolute atomic E-state index is 0.0160. The fraction of sp³-hybridized carbons (Fsp3) is 0.342. The number of nitrogens with one attached hydrogen (secondary N) is 3. The second kappa shape index (κ2) is 19.5. The third kappa shape index (κ3) is 11.1. The fourth-order valence-corrected chi connectivity index (χ4v) is 5.31. The van der Waals surface area contributed by atoms with Crippen LogP contribution in [0.2, 0.25) is 0 Å². The maximum Gasteiger partial charge on any atom is 0.339 e. The van der Waals surface area contributed by atoms with Crippen LogP contribution < -0.4 is 36.7 Å². The molecule has 0 radical (unpaired) electrons. The van der Waals surface area contributed by atoms with Crippen molar-refractivity contribution in [2.75, 3.05) is 11.9 Å². The van der Waals surface area contributed by atoms with Gasteiger partial charge in [0.1, 0.15) is 22.5 Å². The van der Waals surface area contributed by atoms with Crippen molar-refractivity contribution < 1.29 is 43.3 Å². The normalized spacial score (nSPS) is 12.8. The number of allylic oxidation sites excluding steroid dienone is 1. The first kappa shape index (κ1) is 45.3. The zero-order valence-corrected chi connectivity index (χ0v) is 32.7. The number of anilines is 1. The van der Waals surface area contributed by atoms with Crippen molar-refractivity contribution >= 4 is 52.5 Å². The lowest BCUT2D eigenvalue weighted by Crippen LogP contribution is -2.66. The first-order valence-corrected chi connectivity index (χ1v) is 17.0. The molecule has 1 aliphatic rings. The summed E-state index contributed by atoms with van der Waals surface area (Å²) in [6.45, 7) is 14.2. The standard InChI is InChI=1S/C11H16N2O3.C10H13NO2.C9H8O4.C8H10N4O2/c1-5-6-11(10(2,3)4)7(14)12-9(16)13-8(11)15;1-3-13-10-6-4-9(5-7-10)11-8(2)12;1-6(10)13-8-5-3-2-4-7(8)9(11)12;1-10-4-9-6-5(10)7(13)12(3)8(14)11(6)2/h5H,1,6H2,2-4H3,(H2,12,13,14,15,16);4-7H,3H2,1-2H3,(H,11,12);2-5H,1H3,(H,11,12);4H,1-3H3. The average Bonchev–Trinajstić information content (AvgIpc) is 3.50. The highest BCUT2D eigenvalue weighted by atomic mass is 16.5. The summed E-state index contributed by atoms with van der Waals surface area (Å²) >= 11 is 0. The number of rotatable bonds is 7. The SMILES string of the molecule is C=CCC1(C(C)(C)C)C(=O)NC(=O)NC1=O.CC(=O)Oc1ccccc1C(=O)O.CCOc1ccc(NC(C)=O)cc1.Cn1c(=O)c2c(ncn2C)n(C)c1=O. The predicted molar refractivity (Wildman–Crippen MR) is 206 cm³/mol. The molecule has 5 rings (SSSR count). The fourth-order valence-electron chi connectivity index (χ4n) is 5.31. The Balaban J connectivity index is 0.000000259. The van der Waals surface area contributed by atoms with Gasteiger partial charge in [-0.25, -0.2) is 19.4 Å². The van der Waals surface area contributed by atoms with Gasteiger partial charge in [0.05, 0.1) is 12.9 Å². The number of amides is 5. The number of fused-ring (bicyclic) bond motifs is 1. The van der Waals surface area contributed by atoms with Gasteiger partial charge in [0.15, 0.2) is 11.2 Å². The van der Waals surface area contributed by atoms with Crippen molar-refractivity contribution in [2.45, 2.75) is 48.0 Å². The van der Waals surface area contributed by atoms with E-state index < -0.39 is 40.6 Å². The van der Waals surface area contributed by atoms with E-state index in [-0.39, 0.29) is 34.9 Å². The van der Waals surface area contributed by atoms with Crippen molar-refractivity contribution in [3.63, 3.8) is 0 Å². The number of benzene rings is 2. The van der Waals surface area contributed by atoms with E-state index in [9.17, 15) is 38.4 Å². The number of barbiturate groups is 1. The highest BCUT2D eigenvalue weighted by Gasteiger charge is 2.56. The van der Waals surface area contributed by atoms with Gasteiger partial charge in [-0.1, -0.05) is 39.0 Å². The van der Waals surface area contributed by atoms with Gasteiger partial charge in [-0.15, -0.1) is 6.58 Å². The van der Waals surface area contributed by atoms with Crippen LogP contribution >= 0.6 is 0 Å². The van der Waals surface area contributed by atoms with E-state index in [2.05, 4.69) is 32.3 Å². The van der Waals surface area contributed by atoms with Crippen LogP contribution in [0.25, 0.3) is 11.2 Å². The molecule has 4 N–H and O–H groups in total. The van der Waals surface area contributed by atoms with Gasteiger partial charge in [-0.05, 0) is 55.2 Å². The Hall–Kier alpha value is -6.85.